The number of ether oxygens (including phenoxy) is 1. The number of benzene rings is 2. The quantitative estimate of drug-likeness (QED) is 0.669. The van der Waals surface area contributed by atoms with Gasteiger partial charge in [0.1, 0.15) is 11.5 Å². The summed E-state index contributed by atoms with van der Waals surface area (Å²) in [6.45, 7) is 1.80. The number of nitrogens with zero attached hydrogens (tertiary/aromatic N) is 1. The van der Waals surface area contributed by atoms with Crippen molar-refractivity contribution >= 4 is 11.6 Å². The van der Waals surface area contributed by atoms with Crippen LogP contribution >= 0.6 is 0 Å². The second kappa shape index (κ2) is 6.56. The molecule has 2 N–H and O–H groups in total. The Hall–Kier alpha value is -2.82. The lowest BCUT2D eigenvalue weighted by Gasteiger charge is -2.05. The maximum absolute atomic E-state index is 11.9. The number of phenols is 1. The summed E-state index contributed by atoms with van der Waals surface area (Å²) in [6.07, 6.45) is 0. The zero-order valence-corrected chi connectivity index (χ0v) is 11.8. The number of hydrazone groups is 1. The van der Waals surface area contributed by atoms with Crippen LogP contribution in [0.5, 0.6) is 11.5 Å². The summed E-state index contributed by atoms with van der Waals surface area (Å²) in [6, 6.07) is 13.4. The van der Waals surface area contributed by atoms with Gasteiger partial charge >= 0.3 is 0 Å². The standard InChI is InChI=1S/C16H16N2O3/c1-11(13-4-3-5-15(10-13)21-2)17-18-16(20)12-6-8-14(19)9-7-12/h3-10,19H,1-2H3,(H,18,20)/b17-11-. The molecule has 21 heavy (non-hydrogen) atoms. The van der Waals surface area contributed by atoms with E-state index in [2.05, 4.69) is 10.5 Å². The lowest BCUT2D eigenvalue weighted by molar-refractivity contribution is 0.0955. The molecule has 2 aromatic carbocycles. The maximum atomic E-state index is 11.9. The molecule has 0 saturated carbocycles. The molecule has 2 rings (SSSR count). The van der Waals surface area contributed by atoms with Gasteiger partial charge in [0.15, 0.2) is 0 Å². The van der Waals surface area contributed by atoms with Crippen molar-refractivity contribution in [2.24, 2.45) is 5.10 Å². The molecule has 0 bridgehead atoms. The number of rotatable bonds is 4. The Labute approximate surface area is 122 Å². The number of amides is 1. The van der Waals surface area contributed by atoms with Crippen molar-refractivity contribution in [1.29, 1.82) is 0 Å². The maximum Gasteiger partial charge on any atom is 0.271 e. The highest BCUT2D eigenvalue weighted by Gasteiger charge is 2.05. The predicted octanol–water partition coefficient (Wildman–Crippen LogP) is 2.55. The average molecular weight is 284 g/mol. The van der Waals surface area contributed by atoms with Gasteiger partial charge in [-0.15, -0.1) is 0 Å². The van der Waals surface area contributed by atoms with Crippen LogP contribution in [-0.2, 0) is 0 Å². The molecule has 0 radical (unpaired) electrons. The van der Waals surface area contributed by atoms with E-state index >= 15 is 0 Å². The fourth-order valence-electron chi connectivity index (χ4n) is 1.72. The molecule has 5 heteroatoms. The van der Waals surface area contributed by atoms with Gasteiger partial charge in [-0.25, -0.2) is 5.43 Å². The fourth-order valence-corrected chi connectivity index (χ4v) is 1.72. The van der Waals surface area contributed by atoms with Crippen molar-refractivity contribution < 1.29 is 14.6 Å². The lowest BCUT2D eigenvalue weighted by atomic mass is 10.1. The number of phenolic OH excluding ortho intramolecular Hbond substituents is 1. The van der Waals surface area contributed by atoms with Crippen molar-refractivity contribution in [3.05, 3.63) is 59.7 Å². The molecule has 0 saturated heterocycles. The van der Waals surface area contributed by atoms with Crippen LogP contribution in [0.1, 0.15) is 22.8 Å². The molecule has 108 valence electrons. The topological polar surface area (TPSA) is 70.9 Å². The molecule has 0 unspecified atom stereocenters. The monoisotopic (exact) mass is 284 g/mol. The Morgan fingerprint density at radius 1 is 1.14 bits per heavy atom. The predicted molar refractivity (Wildman–Crippen MR) is 80.8 cm³/mol. The molecule has 0 aliphatic heterocycles. The number of aromatic hydroxyl groups is 1. The zero-order chi connectivity index (χ0) is 15.2. The van der Waals surface area contributed by atoms with E-state index in [1.807, 2.05) is 24.3 Å². The van der Waals surface area contributed by atoms with Crippen LogP contribution in [-0.4, -0.2) is 23.8 Å². The highest BCUT2D eigenvalue weighted by Crippen LogP contribution is 2.13. The van der Waals surface area contributed by atoms with Gasteiger partial charge in [0.25, 0.3) is 5.91 Å². The number of methoxy groups -OCH3 is 1. The molecule has 0 spiro atoms. The van der Waals surface area contributed by atoms with Crippen molar-refractivity contribution in [3.8, 4) is 11.5 Å². The van der Waals surface area contributed by atoms with Gasteiger partial charge in [0.05, 0.1) is 12.8 Å². The van der Waals surface area contributed by atoms with Crippen LogP contribution in [0, 0.1) is 0 Å². The Bertz CT molecular complexity index is 663. The summed E-state index contributed by atoms with van der Waals surface area (Å²) in [5, 5.41) is 13.3. The van der Waals surface area contributed by atoms with E-state index in [0.29, 0.717) is 11.3 Å². The van der Waals surface area contributed by atoms with Crippen LogP contribution < -0.4 is 10.2 Å². The molecule has 1 amide bonds. The van der Waals surface area contributed by atoms with E-state index in [-0.39, 0.29) is 11.7 Å². The number of hydrogen-bond acceptors (Lipinski definition) is 4. The largest absolute Gasteiger partial charge is 0.508 e. The Balaban J connectivity index is 2.09. The molecule has 5 nitrogen and oxygen atoms in total. The van der Waals surface area contributed by atoms with Crippen LogP contribution in [0.25, 0.3) is 0 Å². The molecule has 0 fully saturated rings. The van der Waals surface area contributed by atoms with E-state index in [0.717, 1.165) is 11.3 Å². The van der Waals surface area contributed by atoms with E-state index in [1.54, 1.807) is 14.0 Å². The molecular weight excluding hydrogens is 268 g/mol. The summed E-state index contributed by atoms with van der Waals surface area (Å²) >= 11 is 0. The second-order valence-electron chi connectivity index (χ2n) is 4.42. The summed E-state index contributed by atoms with van der Waals surface area (Å²) in [7, 11) is 1.60. The second-order valence-corrected chi connectivity index (χ2v) is 4.42. The van der Waals surface area contributed by atoms with Gasteiger partial charge in [-0.1, -0.05) is 12.1 Å². The minimum atomic E-state index is -0.336. The lowest BCUT2D eigenvalue weighted by Crippen LogP contribution is -2.19. The van der Waals surface area contributed by atoms with Gasteiger partial charge in [0, 0.05) is 11.1 Å². The van der Waals surface area contributed by atoms with Crippen molar-refractivity contribution in [3.63, 3.8) is 0 Å². The van der Waals surface area contributed by atoms with Crippen LogP contribution in [0.15, 0.2) is 53.6 Å². The highest BCUT2D eigenvalue weighted by molar-refractivity contribution is 6.01. The van der Waals surface area contributed by atoms with E-state index in [1.165, 1.54) is 24.3 Å². The zero-order valence-electron chi connectivity index (χ0n) is 11.8. The third kappa shape index (κ3) is 3.82. The minimum Gasteiger partial charge on any atom is -0.508 e. The molecule has 0 heterocycles. The normalized spacial score (nSPS) is 11.0. The number of carbonyl (C=O) groups excluding carboxylic acids is 1. The first-order chi connectivity index (χ1) is 10.1. The van der Waals surface area contributed by atoms with E-state index in [9.17, 15) is 9.90 Å². The summed E-state index contributed by atoms with van der Waals surface area (Å²) in [5.74, 6) is 0.506. The van der Waals surface area contributed by atoms with Gasteiger partial charge in [-0.05, 0) is 43.3 Å². The smallest absolute Gasteiger partial charge is 0.271 e. The molecular formula is C16H16N2O3. The van der Waals surface area contributed by atoms with Crippen LogP contribution in [0.2, 0.25) is 0 Å². The van der Waals surface area contributed by atoms with E-state index < -0.39 is 0 Å². The van der Waals surface area contributed by atoms with Crippen molar-refractivity contribution in [1.82, 2.24) is 5.43 Å². The van der Waals surface area contributed by atoms with Crippen LogP contribution in [0.4, 0.5) is 0 Å². The number of nitrogens with one attached hydrogen (secondary N) is 1. The SMILES string of the molecule is COc1cccc(/C(C)=N\NC(=O)c2ccc(O)cc2)c1. The number of hydrogen-bond donors (Lipinski definition) is 2. The molecule has 0 aliphatic rings. The van der Waals surface area contributed by atoms with E-state index in [4.69, 9.17) is 4.74 Å². The Kier molecular flexibility index (Phi) is 4.56. The van der Waals surface area contributed by atoms with Gasteiger partial charge in [0.2, 0.25) is 0 Å². The van der Waals surface area contributed by atoms with Gasteiger partial charge < -0.3 is 9.84 Å². The Morgan fingerprint density at radius 3 is 2.52 bits per heavy atom. The average Bonchev–Trinajstić information content (AvgIpc) is 2.53. The first-order valence-corrected chi connectivity index (χ1v) is 6.38. The summed E-state index contributed by atoms with van der Waals surface area (Å²) in [5.41, 5.74) is 4.44. The minimum absolute atomic E-state index is 0.114. The third-order valence-electron chi connectivity index (χ3n) is 2.94. The Morgan fingerprint density at radius 2 is 1.86 bits per heavy atom. The van der Waals surface area contributed by atoms with Gasteiger partial charge in [-0.2, -0.15) is 5.10 Å². The highest BCUT2D eigenvalue weighted by atomic mass is 16.5. The fraction of sp³-hybridized carbons (Fsp3) is 0.125. The first kappa shape index (κ1) is 14.6. The molecule has 0 atom stereocenters. The molecule has 2 aromatic rings. The summed E-state index contributed by atoms with van der Waals surface area (Å²) in [4.78, 5) is 11.9. The number of carbonyl (C=O) groups is 1. The molecule has 0 aromatic heterocycles. The molecule has 0 aliphatic carbocycles. The third-order valence-corrected chi connectivity index (χ3v) is 2.94. The summed E-state index contributed by atoms with van der Waals surface area (Å²) < 4.78 is 5.15. The van der Waals surface area contributed by atoms with Crippen molar-refractivity contribution in [2.75, 3.05) is 7.11 Å². The van der Waals surface area contributed by atoms with Crippen LogP contribution in [0.3, 0.4) is 0 Å². The van der Waals surface area contributed by atoms with Gasteiger partial charge in [-0.3, -0.25) is 4.79 Å². The first-order valence-electron chi connectivity index (χ1n) is 6.38. The van der Waals surface area contributed by atoms with Crippen molar-refractivity contribution in [2.45, 2.75) is 6.92 Å².